The Bertz CT molecular complexity index is 963. The van der Waals surface area contributed by atoms with Crippen molar-refractivity contribution >= 4 is 33.2 Å². The highest BCUT2D eigenvalue weighted by Crippen LogP contribution is 2.35. The molecule has 0 saturated carbocycles. The van der Waals surface area contributed by atoms with Gasteiger partial charge in [0, 0.05) is 12.6 Å². The highest BCUT2D eigenvalue weighted by atomic mass is 35.5. The molecule has 25 heavy (non-hydrogen) atoms. The smallest absolute Gasteiger partial charge is 0.262 e. The average Bonchev–Trinajstić information content (AvgIpc) is 2.55. The van der Waals surface area contributed by atoms with Crippen LogP contribution >= 0.6 is 11.6 Å². The molecule has 2 N–H and O–H groups in total. The van der Waals surface area contributed by atoms with Crippen LogP contribution in [0.5, 0.6) is 5.75 Å². The molecule has 2 aromatic rings. The van der Waals surface area contributed by atoms with Crippen LogP contribution in [0, 0.1) is 12.7 Å². The third kappa shape index (κ3) is 3.76. The van der Waals surface area contributed by atoms with Crippen LogP contribution in [-0.4, -0.2) is 20.9 Å². The predicted molar refractivity (Wildman–Crippen MR) is 90.7 cm³/mol. The first kappa shape index (κ1) is 17.7. The number of carbonyl (C=O) groups is 1. The van der Waals surface area contributed by atoms with Gasteiger partial charge in [-0.3, -0.25) is 4.79 Å². The van der Waals surface area contributed by atoms with Gasteiger partial charge in [-0.05, 0) is 30.2 Å². The molecule has 0 unspecified atom stereocenters. The number of benzene rings is 2. The Morgan fingerprint density at radius 1 is 1.32 bits per heavy atom. The van der Waals surface area contributed by atoms with Gasteiger partial charge in [-0.15, -0.1) is 0 Å². The number of anilines is 1. The number of hydrogen-bond donors (Lipinski definition) is 2. The Labute approximate surface area is 149 Å². The number of sulfonamides is 1. The lowest BCUT2D eigenvalue weighted by atomic mass is 10.1. The van der Waals surface area contributed by atoms with Gasteiger partial charge < -0.3 is 10.1 Å². The molecule has 0 aromatic heterocycles. The summed E-state index contributed by atoms with van der Waals surface area (Å²) >= 11 is 6.05. The first-order chi connectivity index (χ1) is 11.8. The number of halogens is 2. The normalized spacial score (nSPS) is 13.8. The number of carbonyl (C=O) groups excluding carboxylic acids is 1. The first-order valence-corrected chi connectivity index (χ1v) is 9.13. The molecule has 0 saturated heterocycles. The van der Waals surface area contributed by atoms with Crippen molar-refractivity contribution in [2.75, 3.05) is 11.9 Å². The van der Waals surface area contributed by atoms with Gasteiger partial charge in [0.2, 0.25) is 10.0 Å². The molecule has 1 aliphatic heterocycles. The minimum atomic E-state index is -3.93. The fourth-order valence-corrected chi connectivity index (χ4v) is 3.92. The molecule has 0 spiro atoms. The lowest BCUT2D eigenvalue weighted by molar-refractivity contribution is -0.118. The fourth-order valence-electron chi connectivity index (χ4n) is 2.36. The Hall–Kier alpha value is -2.16. The summed E-state index contributed by atoms with van der Waals surface area (Å²) in [7, 11) is -3.93. The maximum atomic E-state index is 13.3. The first-order valence-electron chi connectivity index (χ1n) is 7.27. The number of rotatable bonds is 4. The summed E-state index contributed by atoms with van der Waals surface area (Å²) in [6, 6.07) is 6.92. The molecule has 0 atom stereocenters. The fraction of sp³-hybridized carbons (Fsp3) is 0.188. The van der Waals surface area contributed by atoms with Gasteiger partial charge in [0.1, 0.15) is 16.5 Å². The molecule has 0 aliphatic carbocycles. The number of fused-ring (bicyclic) bond motifs is 1. The molecule has 6 nitrogen and oxygen atoms in total. The molecule has 0 radical (unpaired) electrons. The van der Waals surface area contributed by atoms with Crippen LogP contribution in [0.2, 0.25) is 5.02 Å². The van der Waals surface area contributed by atoms with Gasteiger partial charge >= 0.3 is 0 Å². The molecule has 9 heteroatoms. The lowest BCUT2D eigenvalue weighted by Gasteiger charge is -2.19. The number of aryl methyl sites for hydroxylation is 1. The summed E-state index contributed by atoms with van der Waals surface area (Å²) in [5.41, 5.74) is 1.35. The largest absolute Gasteiger partial charge is 0.482 e. The Kier molecular flexibility index (Phi) is 4.68. The van der Waals surface area contributed by atoms with Crippen molar-refractivity contribution in [1.82, 2.24) is 4.72 Å². The zero-order valence-corrected chi connectivity index (χ0v) is 14.7. The second-order valence-electron chi connectivity index (χ2n) is 5.52. The quantitative estimate of drug-likeness (QED) is 0.848. The van der Waals surface area contributed by atoms with Crippen molar-refractivity contribution < 1.29 is 22.3 Å². The monoisotopic (exact) mass is 384 g/mol. The average molecular weight is 385 g/mol. The van der Waals surface area contributed by atoms with E-state index < -0.39 is 10.0 Å². The third-order valence-corrected chi connectivity index (χ3v) is 5.51. The van der Waals surface area contributed by atoms with Crippen molar-refractivity contribution in [3.63, 3.8) is 0 Å². The summed E-state index contributed by atoms with van der Waals surface area (Å²) in [4.78, 5) is 11.1. The zero-order chi connectivity index (χ0) is 18.2. The summed E-state index contributed by atoms with van der Waals surface area (Å²) in [6.45, 7) is 1.38. The van der Waals surface area contributed by atoms with Crippen LogP contribution in [0.1, 0.15) is 11.1 Å². The highest BCUT2D eigenvalue weighted by molar-refractivity contribution is 7.89. The standard InChI is InChI=1S/C16H14ClFN2O4S/c1-9-4-10(2-3-12(9)18)7-19-25(22,23)15-6-14-13(5-11(15)17)20-16(21)8-24-14/h2-6,19H,7-8H2,1H3,(H,20,21). The van der Waals surface area contributed by atoms with E-state index in [0.717, 1.165) is 0 Å². The number of ether oxygens (including phenoxy) is 1. The Balaban J connectivity index is 1.84. The van der Waals surface area contributed by atoms with E-state index in [1.54, 1.807) is 13.0 Å². The van der Waals surface area contributed by atoms with E-state index in [-0.39, 0.29) is 40.5 Å². The molecule has 1 aliphatic rings. The van der Waals surface area contributed by atoms with E-state index in [2.05, 4.69) is 10.0 Å². The highest BCUT2D eigenvalue weighted by Gasteiger charge is 2.24. The maximum absolute atomic E-state index is 13.3. The summed E-state index contributed by atoms with van der Waals surface area (Å²) < 4.78 is 45.9. The number of amides is 1. The van der Waals surface area contributed by atoms with Gasteiger partial charge in [-0.25, -0.2) is 17.5 Å². The molecular weight excluding hydrogens is 371 g/mol. The molecule has 132 valence electrons. The van der Waals surface area contributed by atoms with E-state index >= 15 is 0 Å². The third-order valence-electron chi connectivity index (χ3n) is 3.65. The Morgan fingerprint density at radius 2 is 2.08 bits per heavy atom. The van der Waals surface area contributed by atoms with Gasteiger partial charge in [-0.1, -0.05) is 23.7 Å². The van der Waals surface area contributed by atoms with E-state index in [0.29, 0.717) is 16.8 Å². The molecule has 0 fully saturated rings. The molecule has 1 heterocycles. The van der Waals surface area contributed by atoms with Gasteiger partial charge in [0.05, 0.1) is 10.7 Å². The minimum Gasteiger partial charge on any atom is -0.482 e. The number of nitrogens with one attached hydrogen (secondary N) is 2. The summed E-state index contributed by atoms with van der Waals surface area (Å²) in [5, 5.41) is 2.50. The van der Waals surface area contributed by atoms with Crippen LogP contribution in [0.25, 0.3) is 0 Å². The molecule has 0 bridgehead atoms. The molecule has 3 rings (SSSR count). The van der Waals surface area contributed by atoms with E-state index in [1.807, 2.05) is 0 Å². The molecule has 1 amide bonds. The van der Waals surface area contributed by atoms with Crippen molar-refractivity contribution in [3.8, 4) is 5.75 Å². The van der Waals surface area contributed by atoms with E-state index in [4.69, 9.17) is 16.3 Å². The van der Waals surface area contributed by atoms with Gasteiger partial charge in [0.15, 0.2) is 6.61 Å². The van der Waals surface area contributed by atoms with Crippen LogP contribution in [0.15, 0.2) is 35.2 Å². The summed E-state index contributed by atoms with van der Waals surface area (Å²) in [5.74, 6) is -0.477. The second-order valence-corrected chi connectivity index (χ2v) is 7.67. The van der Waals surface area contributed by atoms with Crippen LogP contribution < -0.4 is 14.8 Å². The van der Waals surface area contributed by atoms with Crippen molar-refractivity contribution in [3.05, 3.63) is 52.3 Å². The zero-order valence-electron chi connectivity index (χ0n) is 13.1. The van der Waals surface area contributed by atoms with E-state index in [9.17, 15) is 17.6 Å². The predicted octanol–water partition coefficient (Wildman–Crippen LogP) is 2.60. The van der Waals surface area contributed by atoms with Crippen LogP contribution in [0.3, 0.4) is 0 Å². The summed E-state index contributed by atoms with van der Waals surface area (Å²) in [6.07, 6.45) is 0. The SMILES string of the molecule is Cc1cc(CNS(=O)(=O)c2cc3c(cc2Cl)NC(=O)CO3)ccc1F. The maximum Gasteiger partial charge on any atom is 0.262 e. The minimum absolute atomic E-state index is 0.0194. The molecule has 2 aromatic carbocycles. The topological polar surface area (TPSA) is 84.5 Å². The second kappa shape index (κ2) is 6.62. The van der Waals surface area contributed by atoms with Crippen LogP contribution in [0.4, 0.5) is 10.1 Å². The Morgan fingerprint density at radius 3 is 2.80 bits per heavy atom. The van der Waals surface area contributed by atoms with Crippen molar-refractivity contribution in [1.29, 1.82) is 0 Å². The van der Waals surface area contributed by atoms with Crippen molar-refractivity contribution in [2.45, 2.75) is 18.4 Å². The lowest BCUT2D eigenvalue weighted by Crippen LogP contribution is -2.27. The van der Waals surface area contributed by atoms with Crippen LogP contribution in [-0.2, 0) is 21.4 Å². The molecular formula is C16H14ClFN2O4S. The van der Waals surface area contributed by atoms with Gasteiger partial charge in [0.25, 0.3) is 5.91 Å². The van der Waals surface area contributed by atoms with E-state index in [1.165, 1.54) is 24.3 Å². The van der Waals surface area contributed by atoms with Crippen molar-refractivity contribution in [2.24, 2.45) is 0 Å². The number of hydrogen-bond acceptors (Lipinski definition) is 4. The van der Waals surface area contributed by atoms with Gasteiger partial charge in [-0.2, -0.15) is 0 Å².